The molecule has 176 valence electrons. The number of amides is 2. The summed E-state index contributed by atoms with van der Waals surface area (Å²) in [6, 6.07) is 1.73. The fraction of sp³-hybridized carbons (Fsp3) is 0.762. The number of piperazine rings is 1. The van der Waals surface area contributed by atoms with Gasteiger partial charge in [-0.3, -0.25) is 19.9 Å². The first-order valence-corrected chi connectivity index (χ1v) is 11.4. The van der Waals surface area contributed by atoms with E-state index in [1.54, 1.807) is 11.2 Å². The summed E-state index contributed by atoms with van der Waals surface area (Å²) in [7, 11) is 0. The molecular weight excluding hydrogens is 410 g/mol. The molecule has 0 aliphatic carbocycles. The molecule has 11 nitrogen and oxygen atoms in total. The van der Waals surface area contributed by atoms with Gasteiger partial charge in [0.25, 0.3) is 5.91 Å². The molecule has 2 amide bonds. The number of nitrogens with zero attached hydrogens (tertiary/aromatic N) is 6. The molecule has 3 aliphatic heterocycles. The van der Waals surface area contributed by atoms with Crippen LogP contribution in [0.5, 0.6) is 0 Å². The maximum absolute atomic E-state index is 13.2. The number of rotatable bonds is 6. The van der Waals surface area contributed by atoms with Gasteiger partial charge in [0.15, 0.2) is 0 Å². The van der Waals surface area contributed by atoms with Crippen LogP contribution in [0.1, 0.15) is 47.0 Å². The zero-order valence-corrected chi connectivity index (χ0v) is 19.5. The number of guanidine groups is 1. The van der Waals surface area contributed by atoms with Crippen LogP contribution >= 0.6 is 0 Å². The lowest BCUT2D eigenvalue weighted by Crippen LogP contribution is -2.75. The lowest BCUT2D eigenvalue weighted by atomic mass is 10.1. The topological polar surface area (TPSA) is 128 Å². The van der Waals surface area contributed by atoms with E-state index < -0.39 is 12.0 Å². The molecule has 0 aromatic heterocycles. The number of likely N-dealkylation sites (tertiary alicyclic amines) is 1. The highest BCUT2D eigenvalue weighted by molar-refractivity contribution is 5.92. The highest BCUT2D eigenvalue weighted by Crippen LogP contribution is 2.23. The molecule has 32 heavy (non-hydrogen) atoms. The van der Waals surface area contributed by atoms with Crippen molar-refractivity contribution in [2.24, 2.45) is 9.98 Å². The molecule has 0 aromatic rings. The Morgan fingerprint density at radius 3 is 2.62 bits per heavy atom. The number of nitrogens with one attached hydrogen (secondary N) is 3. The molecule has 2 atom stereocenters. The molecule has 2 fully saturated rings. The van der Waals surface area contributed by atoms with Crippen LogP contribution in [0, 0.1) is 11.3 Å². The van der Waals surface area contributed by atoms with Crippen molar-refractivity contribution >= 4 is 24.1 Å². The van der Waals surface area contributed by atoms with Gasteiger partial charge in [-0.2, -0.15) is 5.26 Å². The van der Waals surface area contributed by atoms with E-state index in [9.17, 15) is 9.59 Å². The number of aliphatic imine (C=N–C) groups is 2. The van der Waals surface area contributed by atoms with E-state index in [2.05, 4.69) is 44.7 Å². The normalized spacial score (nSPS) is 27.5. The van der Waals surface area contributed by atoms with Crippen LogP contribution in [0.3, 0.4) is 0 Å². The quantitative estimate of drug-likeness (QED) is 0.509. The second kappa shape index (κ2) is 10.3. The van der Waals surface area contributed by atoms with Gasteiger partial charge in [0.05, 0.1) is 12.4 Å². The summed E-state index contributed by atoms with van der Waals surface area (Å²) in [6.07, 6.45) is 2.92. The first-order valence-electron chi connectivity index (χ1n) is 11.4. The molecule has 0 spiro atoms. The SMILES string of the molecule is CC(C)N=C1NC=NC(NC(C)C)(N2CCN(C(=O)C3CCCN3C(=O)CC#N)CC2)N1. The van der Waals surface area contributed by atoms with Crippen LogP contribution in [0.15, 0.2) is 9.98 Å². The third kappa shape index (κ3) is 5.37. The minimum absolute atomic E-state index is 0.0249. The molecule has 3 heterocycles. The van der Waals surface area contributed by atoms with Gasteiger partial charge in [-0.15, -0.1) is 0 Å². The van der Waals surface area contributed by atoms with E-state index in [4.69, 9.17) is 5.26 Å². The summed E-state index contributed by atoms with van der Waals surface area (Å²) in [5, 5.41) is 18.8. The summed E-state index contributed by atoms with van der Waals surface area (Å²) in [6.45, 7) is 11.0. The first-order chi connectivity index (χ1) is 15.3. The summed E-state index contributed by atoms with van der Waals surface area (Å²) in [5.74, 6) is -0.473. The van der Waals surface area contributed by atoms with Crippen molar-refractivity contribution in [3.8, 4) is 6.07 Å². The van der Waals surface area contributed by atoms with Crippen molar-refractivity contribution in [2.75, 3.05) is 32.7 Å². The van der Waals surface area contributed by atoms with Crippen LogP contribution in [-0.4, -0.2) is 95.6 Å². The zero-order valence-electron chi connectivity index (χ0n) is 19.5. The Morgan fingerprint density at radius 2 is 2.00 bits per heavy atom. The number of nitriles is 1. The van der Waals surface area contributed by atoms with E-state index in [0.29, 0.717) is 45.1 Å². The average Bonchev–Trinajstić information content (AvgIpc) is 3.23. The third-order valence-electron chi connectivity index (χ3n) is 5.76. The predicted molar refractivity (Wildman–Crippen MR) is 121 cm³/mol. The highest BCUT2D eigenvalue weighted by atomic mass is 16.2. The molecule has 3 N–H and O–H groups in total. The molecule has 0 saturated carbocycles. The van der Waals surface area contributed by atoms with Crippen LogP contribution in [0.2, 0.25) is 0 Å². The van der Waals surface area contributed by atoms with Gasteiger partial charge in [0.2, 0.25) is 17.8 Å². The smallest absolute Gasteiger partial charge is 0.251 e. The van der Waals surface area contributed by atoms with E-state index in [0.717, 1.165) is 6.42 Å². The van der Waals surface area contributed by atoms with Crippen molar-refractivity contribution in [1.29, 1.82) is 5.26 Å². The molecule has 0 bridgehead atoms. The van der Waals surface area contributed by atoms with Gasteiger partial charge in [0, 0.05) is 44.8 Å². The summed E-state index contributed by atoms with van der Waals surface area (Å²) >= 11 is 0. The Bertz CT molecular complexity index is 796. The van der Waals surface area contributed by atoms with Crippen LogP contribution in [0.4, 0.5) is 0 Å². The predicted octanol–water partition coefficient (Wildman–Crippen LogP) is -0.370. The molecule has 11 heteroatoms. The van der Waals surface area contributed by atoms with Crippen molar-refractivity contribution in [3.05, 3.63) is 0 Å². The van der Waals surface area contributed by atoms with Crippen molar-refractivity contribution < 1.29 is 9.59 Å². The number of hydrogen-bond acceptors (Lipinski definition) is 7. The fourth-order valence-electron chi connectivity index (χ4n) is 4.43. The molecule has 3 aliphatic rings. The lowest BCUT2D eigenvalue weighted by Gasteiger charge is -2.48. The maximum Gasteiger partial charge on any atom is 0.251 e. The first kappa shape index (κ1) is 23.9. The van der Waals surface area contributed by atoms with Crippen molar-refractivity contribution in [1.82, 2.24) is 30.7 Å². The van der Waals surface area contributed by atoms with Crippen LogP contribution < -0.4 is 16.0 Å². The summed E-state index contributed by atoms with van der Waals surface area (Å²) < 4.78 is 0. The largest absolute Gasteiger partial charge is 0.338 e. The van der Waals surface area contributed by atoms with E-state index in [1.807, 2.05) is 24.8 Å². The summed E-state index contributed by atoms with van der Waals surface area (Å²) in [5.41, 5.74) is 0. The van der Waals surface area contributed by atoms with Crippen LogP contribution in [0.25, 0.3) is 0 Å². The van der Waals surface area contributed by atoms with Crippen molar-refractivity contribution in [3.63, 3.8) is 0 Å². The molecule has 0 aromatic carbocycles. The second-order valence-electron chi connectivity index (χ2n) is 8.96. The Hall–Kier alpha value is -2.71. The van der Waals surface area contributed by atoms with Gasteiger partial charge < -0.3 is 20.4 Å². The van der Waals surface area contributed by atoms with Gasteiger partial charge in [0.1, 0.15) is 12.5 Å². The summed E-state index contributed by atoms with van der Waals surface area (Å²) in [4.78, 5) is 40.3. The molecular formula is C21H35N9O2. The number of carbonyl (C=O) groups is 2. The zero-order chi connectivity index (χ0) is 23.3. The average molecular weight is 446 g/mol. The highest BCUT2D eigenvalue weighted by Gasteiger charge is 2.43. The van der Waals surface area contributed by atoms with E-state index in [1.165, 1.54) is 0 Å². The Labute approximate surface area is 189 Å². The second-order valence-corrected chi connectivity index (χ2v) is 8.96. The van der Waals surface area contributed by atoms with Gasteiger partial charge in [-0.05, 0) is 40.5 Å². The molecule has 2 saturated heterocycles. The minimum atomic E-state index is -0.843. The Morgan fingerprint density at radius 1 is 1.28 bits per heavy atom. The molecule has 0 radical (unpaired) electrons. The lowest BCUT2D eigenvalue weighted by molar-refractivity contribution is -0.145. The minimum Gasteiger partial charge on any atom is -0.338 e. The van der Waals surface area contributed by atoms with Gasteiger partial charge in [-0.1, -0.05) is 0 Å². The van der Waals surface area contributed by atoms with Gasteiger partial charge in [-0.25, -0.2) is 9.89 Å². The third-order valence-corrected chi connectivity index (χ3v) is 5.76. The Balaban J connectivity index is 1.68. The molecule has 3 rings (SSSR count). The van der Waals surface area contributed by atoms with E-state index >= 15 is 0 Å². The monoisotopic (exact) mass is 445 g/mol. The number of hydrogen-bond donors (Lipinski definition) is 3. The maximum atomic E-state index is 13.2. The van der Waals surface area contributed by atoms with Crippen molar-refractivity contribution in [2.45, 2.75) is 71.0 Å². The molecule has 2 unspecified atom stereocenters. The van der Waals surface area contributed by atoms with Crippen LogP contribution in [-0.2, 0) is 9.59 Å². The standard InChI is InChI=1S/C21H35N9O2/c1-15(2)25-20-23-14-24-21(27-20,26-16(3)4)29-12-10-28(11-13-29)19(32)17-6-5-9-30(17)18(31)7-8-22/h14-17,26H,5-7,9-13H2,1-4H3,(H2,23,24,25,27). The van der Waals surface area contributed by atoms with Gasteiger partial charge >= 0.3 is 0 Å². The Kier molecular flexibility index (Phi) is 7.69. The van der Waals surface area contributed by atoms with E-state index in [-0.39, 0.29) is 30.3 Å². The number of carbonyl (C=O) groups excluding carboxylic acids is 2. The fourth-order valence-corrected chi connectivity index (χ4v) is 4.43.